The van der Waals surface area contributed by atoms with Crippen molar-refractivity contribution in [1.82, 2.24) is 0 Å². The Labute approximate surface area is 52.4 Å². The summed E-state index contributed by atoms with van der Waals surface area (Å²) in [4.78, 5) is 14.3. The number of carbonyl (C=O) groups is 1. The fourth-order valence-corrected chi connectivity index (χ4v) is 0.977. The zero-order valence-electron chi connectivity index (χ0n) is 4.84. The minimum atomic E-state index is -0.292. The van der Waals surface area contributed by atoms with E-state index < -0.39 is 0 Å². The van der Waals surface area contributed by atoms with Crippen LogP contribution in [0.1, 0.15) is 13.8 Å². The molecule has 1 aliphatic heterocycles. The second-order valence-corrected chi connectivity index (χ2v) is 3.63. The summed E-state index contributed by atoms with van der Waals surface area (Å²) in [6, 6.07) is 0. The van der Waals surface area contributed by atoms with Gasteiger partial charge in [-0.3, -0.25) is 4.79 Å². The third-order valence-corrected chi connectivity index (χ3v) is 2.01. The molecule has 1 aliphatic rings. The van der Waals surface area contributed by atoms with Crippen LogP contribution >= 0.6 is 11.8 Å². The molecule has 1 amide bonds. The van der Waals surface area contributed by atoms with E-state index in [2.05, 4.69) is 4.99 Å². The van der Waals surface area contributed by atoms with Crippen molar-refractivity contribution in [3.8, 4) is 0 Å². The zero-order chi connectivity index (χ0) is 6.20. The van der Waals surface area contributed by atoms with Crippen molar-refractivity contribution in [3.05, 3.63) is 0 Å². The lowest BCUT2D eigenvalue weighted by molar-refractivity contribution is -0.119. The van der Waals surface area contributed by atoms with Gasteiger partial charge in [0.25, 0.3) is 5.91 Å². The van der Waals surface area contributed by atoms with Crippen molar-refractivity contribution in [1.29, 1.82) is 0 Å². The third-order valence-electron chi connectivity index (χ3n) is 1.03. The standard InChI is InChI=1S/C5H7NOS/c1-5(2)4(7)6-3-8-5/h3H,1-2H3. The van der Waals surface area contributed by atoms with E-state index in [0.29, 0.717) is 0 Å². The fourth-order valence-electron chi connectivity index (χ4n) is 0.412. The Kier molecular flexibility index (Phi) is 1.15. The van der Waals surface area contributed by atoms with Crippen LogP contribution in [0.2, 0.25) is 0 Å². The van der Waals surface area contributed by atoms with Crippen molar-refractivity contribution < 1.29 is 4.79 Å². The monoisotopic (exact) mass is 129 g/mol. The maximum absolute atomic E-state index is 10.7. The molecule has 0 spiro atoms. The van der Waals surface area contributed by atoms with Crippen molar-refractivity contribution in [2.24, 2.45) is 4.99 Å². The summed E-state index contributed by atoms with van der Waals surface area (Å²) >= 11 is 1.47. The highest BCUT2D eigenvalue weighted by Gasteiger charge is 2.30. The molecule has 0 fully saturated rings. The van der Waals surface area contributed by atoms with Crippen molar-refractivity contribution >= 4 is 23.2 Å². The largest absolute Gasteiger partial charge is 0.271 e. The molecule has 0 N–H and O–H groups in total. The van der Waals surface area contributed by atoms with Crippen molar-refractivity contribution in [3.63, 3.8) is 0 Å². The first-order chi connectivity index (χ1) is 3.63. The summed E-state index contributed by atoms with van der Waals surface area (Å²) in [5, 5.41) is 0. The molecule has 3 heteroatoms. The van der Waals surface area contributed by atoms with Gasteiger partial charge in [-0.15, -0.1) is 0 Å². The number of carbonyl (C=O) groups excluding carboxylic acids is 1. The van der Waals surface area contributed by atoms with Crippen LogP contribution in [-0.4, -0.2) is 16.2 Å². The second kappa shape index (κ2) is 1.58. The van der Waals surface area contributed by atoms with Crippen LogP contribution in [-0.2, 0) is 4.79 Å². The quantitative estimate of drug-likeness (QED) is 0.489. The van der Waals surface area contributed by atoms with Gasteiger partial charge in [0.2, 0.25) is 0 Å². The predicted molar refractivity (Wildman–Crippen MR) is 35.2 cm³/mol. The third kappa shape index (κ3) is 0.777. The maximum Gasteiger partial charge on any atom is 0.262 e. The molecule has 0 radical (unpaired) electrons. The average Bonchev–Trinajstić information content (AvgIpc) is 1.86. The minimum absolute atomic E-state index is 0.0255. The summed E-state index contributed by atoms with van der Waals surface area (Å²) in [6.45, 7) is 3.74. The van der Waals surface area contributed by atoms with Gasteiger partial charge >= 0.3 is 0 Å². The van der Waals surface area contributed by atoms with Crippen molar-refractivity contribution in [2.75, 3.05) is 0 Å². The molecular formula is C5H7NOS. The smallest absolute Gasteiger partial charge is 0.262 e. The van der Waals surface area contributed by atoms with Gasteiger partial charge in [-0.05, 0) is 13.8 Å². The normalized spacial score (nSPS) is 24.5. The van der Waals surface area contributed by atoms with E-state index in [9.17, 15) is 4.79 Å². The van der Waals surface area contributed by atoms with Gasteiger partial charge in [0.15, 0.2) is 0 Å². The van der Waals surface area contributed by atoms with Gasteiger partial charge in [0.1, 0.15) is 0 Å². The molecule has 0 bridgehead atoms. The zero-order valence-corrected chi connectivity index (χ0v) is 5.66. The molecule has 0 saturated carbocycles. The Bertz CT molecular complexity index is 151. The molecule has 1 rings (SSSR count). The van der Waals surface area contributed by atoms with Gasteiger partial charge in [0, 0.05) is 0 Å². The average molecular weight is 129 g/mol. The maximum atomic E-state index is 10.7. The summed E-state index contributed by atoms with van der Waals surface area (Å²) < 4.78 is -0.292. The van der Waals surface area contributed by atoms with Crippen LogP contribution in [0.5, 0.6) is 0 Å². The lowest BCUT2D eigenvalue weighted by atomic mass is 10.2. The molecule has 0 aromatic carbocycles. The molecule has 0 aromatic heterocycles. The van der Waals surface area contributed by atoms with Crippen LogP contribution in [0.4, 0.5) is 0 Å². The van der Waals surface area contributed by atoms with Gasteiger partial charge < -0.3 is 0 Å². The molecular weight excluding hydrogens is 122 g/mol. The highest BCUT2D eigenvalue weighted by Crippen LogP contribution is 2.28. The van der Waals surface area contributed by atoms with Gasteiger partial charge in [-0.25, -0.2) is 4.99 Å². The molecule has 44 valence electrons. The minimum Gasteiger partial charge on any atom is -0.271 e. The van der Waals surface area contributed by atoms with E-state index >= 15 is 0 Å². The number of nitrogens with zero attached hydrogens (tertiary/aromatic N) is 1. The summed E-state index contributed by atoms with van der Waals surface area (Å²) in [6.07, 6.45) is 0. The first-order valence-corrected chi connectivity index (χ1v) is 3.26. The number of rotatable bonds is 0. The van der Waals surface area contributed by atoms with Crippen LogP contribution in [0.25, 0.3) is 0 Å². The Morgan fingerprint density at radius 1 is 1.75 bits per heavy atom. The van der Waals surface area contributed by atoms with Crippen LogP contribution in [0.3, 0.4) is 0 Å². The molecule has 0 aliphatic carbocycles. The number of hydrogen-bond acceptors (Lipinski definition) is 2. The topological polar surface area (TPSA) is 29.4 Å². The summed E-state index contributed by atoms with van der Waals surface area (Å²) in [5.41, 5.74) is 1.60. The van der Waals surface area contributed by atoms with E-state index in [1.165, 1.54) is 11.8 Å². The molecule has 0 aromatic rings. The lowest BCUT2D eigenvalue weighted by Gasteiger charge is -2.08. The summed E-state index contributed by atoms with van der Waals surface area (Å²) in [7, 11) is 0. The number of aliphatic imine (C=N–C) groups is 1. The van der Waals surface area contributed by atoms with Crippen molar-refractivity contribution in [2.45, 2.75) is 18.6 Å². The Hall–Kier alpha value is -0.310. The molecule has 1 heterocycles. The van der Waals surface area contributed by atoms with Gasteiger partial charge in [-0.2, -0.15) is 0 Å². The van der Waals surface area contributed by atoms with Crippen LogP contribution in [0.15, 0.2) is 4.99 Å². The molecule has 8 heavy (non-hydrogen) atoms. The van der Waals surface area contributed by atoms with E-state index in [0.717, 1.165) is 0 Å². The highest BCUT2D eigenvalue weighted by atomic mass is 32.2. The number of hydrogen-bond donors (Lipinski definition) is 0. The first-order valence-electron chi connectivity index (χ1n) is 2.38. The van der Waals surface area contributed by atoms with Crippen LogP contribution < -0.4 is 0 Å². The summed E-state index contributed by atoms with van der Waals surface area (Å²) in [5.74, 6) is -0.0255. The Morgan fingerprint density at radius 3 is 2.50 bits per heavy atom. The molecule has 0 unspecified atom stereocenters. The second-order valence-electron chi connectivity index (χ2n) is 2.17. The lowest BCUT2D eigenvalue weighted by Crippen LogP contribution is -2.21. The SMILES string of the molecule is CC1(C)SC=NC1=O. The van der Waals surface area contributed by atoms with E-state index in [4.69, 9.17) is 0 Å². The van der Waals surface area contributed by atoms with Gasteiger partial charge in [-0.1, -0.05) is 11.8 Å². The predicted octanol–water partition coefficient (Wildman–Crippen LogP) is 1.07. The molecule has 2 nitrogen and oxygen atoms in total. The van der Waals surface area contributed by atoms with E-state index in [1.54, 1.807) is 5.55 Å². The number of amides is 1. The fraction of sp³-hybridized carbons (Fsp3) is 0.600. The van der Waals surface area contributed by atoms with Crippen LogP contribution in [0, 0.1) is 0 Å². The highest BCUT2D eigenvalue weighted by molar-refractivity contribution is 8.14. The molecule has 0 atom stereocenters. The first kappa shape index (κ1) is 5.82. The van der Waals surface area contributed by atoms with E-state index in [-0.39, 0.29) is 10.7 Å². The van der Waals surface area contributed by atoms with Gasteiger partial charge in [0.05, 0.1) is 10.3 Å². The number of thioether (sulfide) groups is 1. The molecule has 0 saturated heterocycles. The Morgan fingerprint density at radius 2 is 2.38 bits per heavy atom. The Balaban J connectivity index is 2.79. The van der Waals surface area contributed by atoms with E-state index in [1.807, 2.05) is 13.8 Å².